The van der Waals surface area contributed by atoms with E-state index in [9.17, 15) is 9.59 Å². The number of nitrogens with one attached hydrogen (secondary N) is 1. The Balaban J connectivity index is 1.98. The zero-order valence-electron chi connectivity index (χ0n) is 13.0. The number of halogens is 2. The summed E-state index contributed by atoms with van der Waals surface area (Å²) in [4.78, 5) is 30.6. The Hall–Kier alpha value is -2.63. The zero-order valence-corrected chi connectivity index (χ0v) is 14.6. The molecule has 1 heterocycles. The van der Waals surface area contributed by atoms with Crippen molar-refractivity contribution in [3.05, 3.63) is 74.8 Å². The highest BCUT2D eigenvalue weighted by Crippen LogP contribution is 2.21. The van der Waals surface area contributed by atoms with Crippen LogP contribution < -0.4 is 5.56 Å². The zero-order chi connectivity index (χ0) is 18.0. The lowest BCUT2D eigenvalue weighted by Gasteiger charge is -2.03. The maximum Gasteiger partial charge on any atom is 0.337 e. The molecule has 0 unspecified atom stereocenters. The number of carbonyl (C=O) groups excluding carboxylic acids is 1. The number of methoxy groups -OCH3 is 1. The van der Waals surface area contributed by atoms with E-state index in [-0.39, 0.29) is 16.4 Å². The second kappa shape index (κ2) is 7.09. The van der Waals surface area contributed by atoms with Crippen molar-refractivity contribution in [1.29, 1.82) is 0 Å². The van der Waals surface area contributed by atoms with E-state index in [1.807, 2.05) is 0 Å². The molecule has 0 bridgehead atoms. The van der Waals surface area contributed by atoms with Crippen LogP contribution in [0.1, 0.15) is 21.7 Å². The largest absolute Gasteiger partial charge is 0.465 e. The summed E-state index contributed by atoms with van der Waals surface area (Å²) in [6.45, 7) is 0. The number of fused-ring (bicyclic) bond motifs is 1. The fraction of sp³-hybridized carbons (Fsp3) is 0.0556. The third-order valence-corrected chi connectivity index (χ3v) is 4.04. The van der Waals surface area contributed by atoms with Gasteiger partial charge in [0.1, 0.15) is 0 Å². The average molecular weight is 375 g/mol. The minimum Gasteiger partial charge on any atom is -0.465 e. The molecule has 0 aliphatic carbocycles. The minimum absolute atomic E-state index is 0.235. The predicted octanol–water partition coefficient (Wildman–Crippen LogP) is 4.10. The fourth-order valence-corrected chi connectivity index (χ4v) is 2.66. The van der Waals surface area contributed by atoms with Crippen molar-refractivity contribution in [2.75, 3.05) is 7.11 Å². The number of benzene rings is 2. The first-order valence-electron chi connectivity index (χ1n) is 7.23. The number of carbonyl (C=O) groups is 1. The maximum atomic E-state index is 12.1. The lowest BCUT2D eigenvalue weighted by molar-refractivity contribution is 0.0600. The normalized spacial score (nSPS) is 11.6. The van der Waals surface area contributed by atoms with Crippen molar-refractivity contribution in [2.24, 2.45) is 0 Å². The average Bonchev–Trinajstić information content (AvgIpc) is 2.61. The molecule has 0 atom stereocenters. The molecule has 0 fully saturated rings. The van der Waals surface area contributed by atoms with E-state index >= 15 is 0 Å². The SMILES string of the molecule is COC(=O)c1ccc(C=C(Cl)c2nc3cc(Cl)ccc3c(=O)[nH]2)cc1. The molecule has 1 aromatic heterocycles. The smallest absolute Gasteiger partial charge is 0.337 e. The molecule has 126 valence electrons. The molecule has 0 saturated heterocycles. The minimum atomic E-state index is -0.418. The summed E-state index contributed by atoms with van der Waals surface area (Å²) in [6.07, 6.45) is 1.64. The fourth-order valence-electron chi connectivity index (χ4n) is 2.27. The highest BCUT2D eigenvalue weighted by atomic mass is 35.5. The lowest BCUT2D eigenvalue weighted by atomic mass is 10.1. The van der Waals surface area contributed by atoms with Crippen molar-refractivity contribution >= 4 is 51.2 Å². The summed E-state index contributed by atoms with van der Waals surface area (Å²) < 4.78 is 4.65. The summed E-state index contributed by atoms with van der Waals surface area (Å²) >= 11 is 12.2. The number of aromatic amines is 1. The molecule has 3 rings (SSSR count). The van der Waals surface area contributed by atoms with Crippen LogP contribution in [0.25, 0.3) is 22.0 Å². The monoisotopic (exact) mass is 374 g/mol. The molecule has 3 aromatic rings. The standard InChI is InChI=1S/C18H12Cl2N2O3/c1-25-18(24)11-4-2-10(3-5-11)8-14(20)16-21-15-9-12(19)6-7-13(15)17(23)22-16/h2-9H,1H3,(H,21,22,23). The number of esters is 1. The number of nitrogens with zero attached hydrogens (tertiary/aromatic N) is 1. The van der Waals surface area contributed by atoms with Gasteiger partial charge in [-0.25, -0.2) is 9.78 Å². The molecular weight excluding hydrogens is 363 g/mol. The summed E-state index contributed by atoms with van der Waals surface area (Å²) in [7, 11) is 1.32. The predicted molar refractivity (Wildman–Crippen MR) is 98.9 cm³/mol. The van der Waals surface area contributed by atoms with Gasteiger partial charge in [-0.2, -0.15) is 0 Å². The van der Waals surface area contributed by atoms with Gasteiger partial charge in [-0.05, 0) is 42.0 Å². The first-order valence-corrected chi connectivity index (χ1v) is 7.99. The van der Waals surface area contributed by atoms with Gasteiger partial charge in [0.25, 0.3) is 5.56 Å². The summed E-state index contributed by atoms with van der Waals surface area (Å²) in [5.74, 6) is -0.183. The molecule has 5 nitrogen and oxygen atoms in total. The molecule has 0 saturated carbocycles. The van der Waals surface area contributed by atoms with E-state index in [0.29, 0.717) is 21.5 Å². The van der Waals surface area contributed by atoms with E-state index in [2.05, 4.69) is 14.7 Å². The number of hydrogen-bond acceptors (Lipinski definition) is 4. The van der Waals surface area contributed by atoms with Crippen LogP contribution in [-0.2, 0) is 4.74 Å². The number of aromatic nitrogens is 2. The quantitative estimate of drug-likeness (QED) is 0.700. The van der Waals surface area contributed by atoms with Gasteiger partial charge in [-0.15, -0.1) is 0 Å². The van der Waals surface area contributed by atoms with Crippen LogP contribution in [0.15, 0.2) is 47.3 Å². The van der Waals surface area contributed by atoms with Crippen molar-refractivity contribution in [3.8, 4) is 0 Å². The molecule has 0 aliphatic rings. The van der Waals surface area contributed by atoms with Gasteiger partial charge in [-0.3, -0.25) is 4.79 Å². The molecule has 0 amide bonds. The number of hydrogen-bond donors (Lipinski definition) is 1. The van der Waals surface area contributed by atoms with E-state index in [0.717, 1.165) is 5.56 Å². The molecule has 2 aromatic carbocycles. The molecule has 0 radical (unpaired) electrons. The third kappa shape index (κ3) is 3.73. The van der Waals surface area contributed by atoms with Crippen LogP contribution in [0.3, 0.4) is 0 Å². The first kappa shape index (κ1) is 17.2. The van der Waals surface area contributed by atoms with Gasteiger partial charge in [-0.1, -0.05) is 35.3 Å². The molecule has 7 heteroatoms. The van der Waals surface area contributed by atoms with Crippen molar-refractivity contribution in [2.45, 2.75) is 0 Å². The summed E-state index contributed by atoms with van der Waals surface area (Å²) in [5, 5.41) is 1.17. The topological polar surface area (TPSA) is 72.0 Å². The van der Waals surface area contributed by atoms with Gasteiger partial charge in [0.15, 0.2) is 5.82 Å². The van der Waals surface area contributed by atoms with Crippen LogP contribution >= 0.6 is 23.2 Å². The van der Waals surface area contributed by atoms with Gasteiger partial charge in [0, 0.05) is 5.02 Å². The van der Waals surface area contributed by atoms with Gasteiger partial charge < -0.3 is 9.72 Å². The Morgan fingerprint density at radius 3 is 2.60 bits per heavy atom. The number of ether oxygens (including phenoxy) is 1. The highest BCUT2D eigenvalue weighted by Gasteiger charge is 2.08. The highest BCUT2D eigenvalue weighted by molar-refractivity contribution is 6.50. The van der Waals surface area contributed by atoms with E-state index in [1.54, 1.807) is 48.5 Å². The van der Waals surface area contributed by atoms with Gasteiger partial charge in [0.2, 0.25) is 0 Å². The Labute approximate surface area is 152 Å². The molecule has 0 aliphatic heterocycles. The van der Waals surface area contributed by atoms with Crippen molar-refractivity contribution in [3.63, 3.8) is 0 Å². The Morgan fingerprint density at radius 2 is 1.92 bits per heavy atom. The summed E-state index contributed by atoms with van der Waals surface area (Å²) in [6, 6.07) is 11.5. The van der Waals surface area contributed by atoms with Gasteiger partial charge in [0.05, 0.1) is 28.6 Å². The molecule has 1 N–H and O–H groups in total. The van der Waals surface area contributed by atoms with Crippen LogP contribution in [0.5, 0.6) is 0 Å². The second-order valence-electron chi connectivity index (χ2n) is 5.18. The molecule has 0 spiro atoms. The number of rotatable bonds is 3. The molecular formula is C18H12Cl2N2O3. The van der Waals surface area contributed by atoms with E-state index in [1.165, 1.54) is 7.11 Å². The lowest BCUT2D eigenvalue weighted by Crippen LogP contribution is -2.10. The Bertz CT molecular complexity index is 1040. The van der Waals surface area contributed by atoms with Crippen molar-refractivity contribution < 1.29 is 9.53 Å². The maximum absolute atomic E-state index is 12.1. The van der Waals surface area contributed by atoms with Crippen LogP contribution in [0.2, 0.25) is 5.02 Å². The second-order valence-corrected chi connectivity index (χ2v) is 6.03. The molecule has 25 heavy (non-hydrogen) atoms. The van der Waals surface area contributed by atoms with E-state index in [4.69, 9.17) is 23.2 Å². The van der Waals surface area contributed by atoms with Crippen LogP contribution in [0, 0.1) is 0 Å². The first-order chi connectivity index (χ1) is 12.0. The Kier molecular flexibility index (Phi) is 4.88. The van der Waals surface area contributed by atoms with Crippen LogP contribution in [0.4, 0.5) is 0 Å². The van der Waals surface area contributed by atoms with Crippen LogP contribution in [-0.4, -0.2) is 23.0 Å². The third-order valence-electron chi connectivity index (χ3n) is 3.52. The van der Waals surface area contributed by atoms with Crippen molar-refractivity contribution in [1.82, 2.24) is 9.97 Å². The number of H-pyrrole nitrogens is 1. The van der Waals surface area contributed by atoms with Gasteiger partial charge >= 0.3 is 5.97 Å². The van der Waals surface area contributed by atoms with E-state index < -0.39 is 5.97 Å². The summed E-state index contributed by atoms with van der Waals surface area (Å²) in [5.41, 5.74) is 1.33. The Morgan fingerprint density at radius 1 is 1.20 bits per heavy atom.